The average Bonchev–Trinajstić information content (AvgIpc) is 2.52. The summed E-state index contributed by atoms with van der Waals surface area (Å²) < 4.78 is 10.4. The molecular formula is C18H30N2O5. The number of amides is 3. The number of methoxy groups -OCH3 is 1. The number of hydrogen-bond acceptors (Lipinski definition) is 5. The normalized spacial score (nSPS) is 18.5. The predicted molar refractivity (Wildman–Crippen MR) is 94.0 cm³/mol. The summed E-state index contributed by atoms with van der Waals surface area (Å²) in [7, 11) is 1.56. The van der Waals surface area contributed by atoms with E-state index in [9.17, 15) is 14.4 Å². The van der Waals surface area contributed by atoms with Gasteiger partial charge in [0.25, 0.3) is 0 Å². The van der Waals surface area contributed by atoms with E-state index in [-0.39, 0.29) is 18.2 Å². The van der Waals surface area contributed by atoms with E-state index >= 15 is 0 Å². The van der Waals surface area contributed by atoms with Crippen LogP contribution < -0.4 is 0 Å². The Hall–Kier alpha value is -1.89. The zero-order chi connectivity index (χ0) is 19.0. The number of nitrogens with zero attached hydrogens (tertiary/aromatic N) is 2. The second-order valence-corrected chi connectivity index (χ2v) is 7.00. The minimum atomic E-state index is -0.821. The van der Waals surface area contributed by atoms with Crippen molar-refractivity contribution in [2.24, 2.45) is 0 Å². The van der Waals surface area contributed by atoms with E-state index in [1.165, 1.54) is 0 Å². The van der Waals surface area contributed by atoms with Gasteiger partial charge >= 0.3 is 6.09 Å². The molecule has 1 aliphatic heterocycles. The lowest BCUT2D eigenvalue weighted by Gasteiger charge is -2.36. The molecule has 1 heterocycles. The first-order valence-electron chi connectivity index (χ1n) is 8.65. The Kier molecular flexibility index (Phi) is 8.09. The van der Waals surface area contributed by atoms with E-state index in [4.69, 9.17) is 9.47 Å². The fraction of sp³-hybridized carbons (Fsp3) is 0.722. The van der Waals surface area contributed by atoms with E-state index in [1.807, 2.05) is 19.1 Å². The molecule has 0 aromatic rings. The number of carbonyl (C=O) groups excluding carboxylic acids is 3. The van der Waals surface area contributed by atoms with Gasteiger partial charge in [0, 0.05) is 26.6 Å². The molecule has 1 rings (SSSR count). The van der Waals surface area contributed by atoms with Crippen LogP contribution in [0.1, 0.15) is 47.0 Å². The lowest BCUT2D eigenvalue weighted by molar-refractivity contribution is -0.147. The molecule has 0 bridgehead atoms. The van der Waals surface area contributed by atoms with Crippen LogP contribution in [0.2, 0.25) is 0 Å². The fourth-order valence-corrected chi connectivity index (χ4v) is 2.58. The molecule has 142 valence electrons. The number of piperidine rings is 1. The zero-order valence-corrected chi connectivity index (χ0v) is 15.9. The molecule has 1 aliphatic rings. The minimum absolute atomic E-state index is 0.246. The molecule has 1 atom stereocenters. The van der Waals surface area contributed by atoms with E-state index in [0.29, 0.717) is 32.5 Å². The fourth-order valence-electron chi connectivity index (χ4n) is 2.58. The quantitative estimate of drug-likeness (QED) is 0.685. The van der Waals surface area contributed by atoms with Gasteiger partial charge in [-0.1, -0.05) is 12.2 Å². The summed E-state index contributed by atoms with van der Waals surface area (Å²) in [6.07, 6.45) is 4.23. The van der Waals surface area contributed by atoms with Gasteiger partial charge in [0.2, 0.25) is 11.8 Å². The van der Waals surface area contributed by atoms with Crippen molar-refractivity contribution in [1.29, 1.82) is 0 Å². The van der Waals surface area contributed by atoms with E-state index in [1.54, 1.807) is 32.8 Å². The van der Waals surface area contributed by atoms with E-state index in [2.05, 4.69) is 0 Å². The molecule has 7 heteroatoms. The number of rotatable bonds is 6. The van der Waals surface area contributed by atoms with Gasteiger partial charge in [0.15, 0.2) is 0 Å². The van der Waals surface area contributed by atoms with Crippen molar-refractivity contribution in [3.8, 4) is 0 Å². The first kappa shape index (κ1) is 21.2. The standard InChI is InChI=1S/C18H30N2O5/c1-6-7-11-19(12-13-24-5)16(22)14-9-8-10-15(21)20(14)17(23)25-18(2,3)4/h6-7,14H,8-13H2,1-5H3/b7-6+/t14-/m0/s1. The summed E-state index contributed by atoms with van der Waals surface area (Å²) in [6.45, 7) is 8.25. The van der Waals surface area contributed by atoms with Crippen LogP contribution >= 0.6 is 0 Å². The molecule has 0 aliphatic carbocycles. The van der Waals surface area contributed by atoms with Crippen molar-refractivity contribution in [2.75, 3.05) is 26.8 Å². The lowest BCUT2D eigenvalue weighted by Crippen LogP contribution is -2.56. The van der Waals surface area contributed by atoms with E-state index in [0.717, 1.165) is 4.90 Å². The zero-order valence-electron chi connectivity index (χ0n) is 15.9. The molecule has 0 radical (unpaired) electrons. The molecule has 0 unspecified atom stereocenters. The average molecular weight is 354 g/mol. The summed E-state index contributed by atoms with van der Waals surface area (Å²) >= 11 is 0. The Morgan fingerprint density at radius 3 is 2.60 bits per heavy atom. The van der Waals surface area contributed by atoms with Crippen LogP contribution in [0.4, 0.5) is 4.79 Å². The summed E-state index contributed by atoms with van der Waals surface area (Å²) in [6, 6.07) is -0.821. The number of carbonyl (C=O) groups is 3. The number of imide groups is 1. The Morgan fingerprint density at radius 1 is 1.36 bits per heavy atom. The largest absolute Gasteiger partial charge is 0.443 e. The first-order valence-corrected chi connectivity index (χ1v) is 8.65. The molecule has 1 fully saturated rings. The van der Waals surface area contributed by atoms with Gasteiger partial charge in [-0.05, 0) is 40.5 Å². The van der Waals surface area contributed by atoms with Crippen molar-refractivity contribution < 1.29 is 23.9 Å². The van der Waals surface area contributed by atoms with Gasteiger partial charge in [-0.15, -0.1) is 0 Å². The van der Waals surface area contributed by atoms with Crippen LogP contribution in [0.5, 0.6) is 0 Å². The maximum atomic E-state index is 13.0. The Bertz CT molecular complexity index is 510. The van der Waals surface area contributed by atoms with Crippen LogP contribution in [-0.2, 0) is 19.1 Å². The summed E-state index contributed by atoms with van der Waals surface area (Å²) in [5.41, 5.74) is -0.733. The number of allylic oxidation sites excluding steroid dienone is 1. The lowest BCUT2D eigenvalue weighted by atomic mass is 10.0. The minimum Gasteiger partial charge on any atom is -0.443 e. The van der Waals surface area contributed by atoms with Gasteiger partial charge in [-0.2, -0.15) is 0 Å². The Labute approximate surface area is 149 Å². The van der Waals surface area contributed by atoms with Crippen LogP contribution in [0, 0.1) is 0 Å². The monoisotopic (exact) mass is 354 g/mol. The van der Waals surface area contributed by atoms with Crippen molar-refractivity contribution in [2.45, 2.75) is 58.6 Å². The van der Waals surface area contributed by atoms with Crippen LogP contribution in [0.25, 0.3) is 0 Å². The van der Waals surface area contributed by atoms with Gasteiger partial charge in [0.1, 0.15) is 11.6 Å². The summed E-state index contributed by atoms with van der Waals surface area (Å²) in [5.74, 6) is -0.620. The molecule has 0 aromatic heterocycles. The van der Waals surface area contributed by atoms with Gasteiger partial charge in [-0.25, -0.2) is 9.69 Å². The first-order chi connectivity index (χ1) is 11.7. The summed E-state index contributed by atoms with van der Waals surface area (Å²) in [5, 5.41) is 0. The topological polar surface area (TPSA) is 76.2 Å². The maximum absolute atomic E-state index is 13.0. The number of ether oxygens (including phenoxy) is 2. The maximum Gasteiger partial charge on any atom is 0.417 e. The van der Waals surface area contributed by atoms with Gasteiger partial charge in [-0.3, -0.25) is 9.59 Å². The molecule has 3 amide bonds. The highest BCUT2D eigenvalue weighted by atomic mass is 16.6. The van der Waals surface area contributed by atoms with Crippen molar-refractivity contribution >= 4 is 17.9 Å². The molecule has 0 N–H and O–H groups in total. The predicted octanol–water partition coefficient (Wildman–Crippen LogP) is 2.35. The van der Waals surface area contributed by atoms with Gasteiger partial charge < -0.3 is 14.4 Å². The highest BCUT2D eigenvalue weighted by Crippen LogP contribution is 2.23. The third kappa shape index (κ3) is 6.49. The van der Waals surface area contributed by atoms with Crippen molar-refractivity contribution in [3.05, 3.63) is 12.2 Å². The molecule has 25 heavy (non-hydrogen) atoms. The highest BCUT2D eigenvalue weighted by Gasteiger charge is 2.41. The number of hydrogen-bond donors (Lipinski definition) is 0. The van der Waals surface area contributed by atoms with Crippen LogP contribution in [0.3, 0.4) is 0 Å². The second-order valence-electron chi connectivity index (χ2n) is 7.00. The smallest absolute Gasteiger partial charge is 0.417 e. The van der Waals surface area contributed by atoms with Gasteiger partial charge in [0.05, 0.1) is 6.61 Å². The third-order valence-electron chi connectivity index (χ3n) is 3.76. The van der Waals surface area contributed by atoms with Crippen LogP contribution in [0.15, 0.2) is 12.2 Å². The van der Waals surface area contributed by atoms with Crippen molar-refractivity contribution in [1.82, 2.24) is 9.80 Å². The SMILES string of the molecule is C/C=C/CN(CCOC)C(=O)[C@@H]1CCCC(=O)N1C(=O)OC(C)(C)C. The summed E-state index contributed by atoms with van der Waals surface area (Å²) in [4.78, 5) is 40.3. The molecule has 0 aromatic carbocycles. The molecule has 7 nitrogen and oxygen atoms in total. The molecule has 0 spiro atoms. The Morgan fingerprint density at radius 2 is 2.04 bits per heavy atom. The third-order valence-corrected chi connectivity index (χ3v) is 3.76. The Balaban J connectivity index is 2.99. The van der Waals surface area contributed by atoms with E-state index < -0.39 is 17.7 Å². The molecule has 1 saturated heterocycles. The van der Waals surface area contributed by atoms with Crippen LogP contribution in [-0.4, -0.2) is 66.2 Å². The molecular weight excluding hydrogens is 324 g/mol. The highest BCUT2D eigenvalue weighted by molar-refractivity contribution is 5.99. The molecule has 0 saturated carbocycles. The second kappa shape index (κ2) is 9.56. The van der Waals surface area contributed by atoms with Crippen molar-refractivity contribution in [3.63, 3.8) is 0 Å². The number of likely N-dealkylation sites (tertiary alicyclic amines) is 1.